The molecule has 3 rings (SSSR count). The van der Waals surface area contributed by atoms with Crippen molar-refractivity contribution in [3.05, 3.63) is 65.3 Å². The maximum absolute atomic E-state index is 12.8. The quantitative estimate of drug-likeness (QED) is 0.662. The molecule has 1 aromatic heterocycles. The Morgan fingerprint density at radius 1 is 1.11 bits per heavy atom. The number of fused-ring (bicyclic) bond motifs is 1. The average Bonchev–Trinajstić information content (AvgIpc) is 3.01. The number of carbonyl (C=O) groups excluding carboxylic acids is 1. The van der Waals surface area contributed by atoms with Crippen molar-refractivity contribution < 1.29 is 13.2 Å². The number of benzene rings is 2. The maximum Gasteiger partial charge on any atom is 0.235 e. The van der Waals surface area contributed by atoms with Crippen LogP contribution in [0.5, 0.6) is 0 Å². The molecule has 148 valence electrons. The number of para-hydroxylation sites is 1. The van der Waals surface area contributed by atoms with Gasteiger partial charge in [0.05, 0.1) is 4.90 Å². The molecular formula is C21H23ClN2O3S. The van der Waals surface area contributed by atoms with Crippen molar-refractivity contribution in [2.24, 2.45) is 0 Å². The molecule has 1 amide bonds. The summed E-state index contributed by atoms with van der Waals surface area (Å²) in [5.74, 6) is -1.10. The van der Waals surface area contributed by atoms with Crippen molar-refractivity contribution in [2.75, 3.05) is 12.8 Å². The molecule has 0 spiro atoms. The van der Waals surface area contributed by atoms with Gasteiger partial charge in [0.25, 0.3) is 0 Å². The molecule has 0 fully saturated rings. The Morgan fingerprint density at radius 2 is 1.75 bits per heavy atom. The van der Waals surface area contributed by atoms with E-state index in [1.807, 2.05) is 41.0 Å². The molecule has 2 aromatic carbocycles. The van der Waals surface area contributed by atoms with Crippen LogP contribution in [0, 0.1) is 0 Å². The topological polar surface area (TPSA) is 68.2 Å². The largest absolute Gasteiger partial charge is 0.358 e. The summed E-state index contributed by atoms with van der Waals surface area (Å²) < 4.78 is 27.6. The summed E-state index contributed by atoms with van der Waals surface area (Å²) in [5, 5.41) is 3.67. The van der Waals surface area contributed by atoms with Gasteiger partial charge in [-0.2, -0.15) is 0 Å². The molecule has 0 radical (unpaired) electrons. The highest BCUT2D eigenvalue weighted by Gasteiger charge is 2.27. The summed E-state index contributed by atoms with van der Waals surface area (Å²) in [4.78, 5) is 11.9. The van der Waals surface area contributed by atoms with Gasteiger partial charge in [-0.3, -0.25) is 4.79 Å². The number of hydrogen-bond donors (Lipinski definition) is 1. The second kappa shape index (κ2) is 7.60. The monoisotopic (exact) mass is 418 g/mol. The van der Waals surface area contributed by atoms with Gasteiger partial charge in [-0.1, -0.05) is 55.8 Å². The van der Waals surface area contributed by atoms with E-state index in [2.05, 4.69) is 19.2 Å². The van der Waals surface area contributed by atoms with Crippen LogP contribution in [0.2, 0.25) is 5.02 Å². The highest BCUT2D eigenvalue weighted by Crippen LogP contribution is 2.31. The number of aromatic nitrogens is 1. The van der Waals surface area contributed by atoms with Crippen molar-refractivity contribution in [3.63, 3.8) is 0 Å². The normalized spacial score (nSPS) is 12.3. The Hall–Kier alpha value is -2.31. The van der Waals surface area contributed by atoms with Crippen LogP contribution < -0.4 is 5.32 Å². The van der Waals surface area contributed by atoms with Crippen LogP contribution in [0.25, 0.3) is 10.9 Å². The average molecular weight is 419 g/mol. The first-order chi connectivity index (χ1) is 13.1. The molecule has 0 saturated heterocycles. The summed E-state index contributed by atoms with van der Waals surface area (Å²) >= 11 is 6.00. The van der Waals surface area contributed by atoms with E-state index < -0.39 is 21.5 Å². The van der Waals surface area contributed by atoms with E-state index >= 15 is 0 Å². The molecule has 0 aliphatic heterocycles. The number of hydrogen-bond acceptors (Lipinski definition) is 3. The molecule has 5 nitrogen and oxygen atoms in total. The van der Waals surface area contributed by atoms with Crippen molar-refractivity contribution >= 4 is 38.2 Å². The highest BCUT2D eigenvalue weighted by molar-refractivity contribution is 7.92. The molecule has 3 aromatic rings. The summed E-state index contributed by atoms with van der Waals surface area (Å²) in [6, 6.07) is 15.0. The van der Waals surface area contributed by atoms with Gasteiger partial charge in [-0.15, -0.1) is 0 Å². The zero-order valence-electron chi connectivity index (χ0n) is 16.1. The lowest BCUT2D eigenvalue weighted by molar-refractivity contribution is -0.118. The molecule has 1 heterocycles. The van der Waals surface area contributed by atoms with Crippen LogP contribution in [0.15, 0.2) is 59.6 Å². The van der Waals surface area contributed by atoms with E-state index in [0.717, 1.165) is 11.1 Å². The number of nitrogens with one attached hydrogen (secondary N) is 1. The fraction of sp³-hybridized carbons (Fsp3) is 0.286. The fourth-order valence-electron chi connectivity index (χ4n) is 3.33. The van der Waals surface area contributed by atoms with Gasteiger partial charge in [-0.25, -0.2) is 8.42 Å². The van der Waals surface area contributed by atoms with Crippen LogP contribution in [0.3, 0.4) is 0 Å². The van der Waals surface area contributed by atoms with Gasteiger partial charge in [0.2, 0.25) is 5.91 Å². The van der Waals surface area contributed by atoms with E-state index in [9.17, 15) is 13.2 Å². The summed E-state index contributed by atoms with van der Waals surface area (Å²) in [7, 11) is -2.33. The lowest BCUT2D eigenvalue weighted by Gasteiger charge is -2.26. The second-order valence-electron chi connectivity index (χ2n) is 7.46. The Kier molecular flexibility index (Phi) is 5.55. The van der Waals surface area contributed by atoms with E-state index in [0.29, 0.717) is 17.0 Å². The lowest BCUT2D eigenvalue weighted by Crippen LogP contribution is -2.27. The van der Waals surface area contributed by atoms with Crippen LogP contribution in [0.1, 0.15) is 19.4 Å². The van der Waals surface area contributed by atoms with E-state index in [-0.39, 0.29) is 10.3 Å². The summed E-state index contributed by atoms with van der Waals surface area (Å²) in [6.07, 6.45) is 1.64. The fourth-order valence-corrected chi connectivity index (χ4v) is 4.90. The third-order valence-electron chi connectivity index (χ3n) is 4.88. The Bertz CT molecular complexity index is 1120. The second-order valence-corrected chi connectivity index (χ2v) is 9.86. The third-order valence-corrected chi connectivity index (χ3v) is 6.77. The van der Waals surface area contributed by atoms with Gasteiger partial charge < -0.3 is 9.88 Å². The number of halogens is 1. The zero-order valence-corrected chi connectivity index (χ0v) is 17.6. The minimum absolute atomic E-state index is 0.179. The minimum Gasteiger partial charge on any atom is -0.358 e. The third kappa shape index (κ3) is 4.08. The maximum atomic E-state index is 12.8. The molecule has 28 heavy (non-hydrogen) atoms. The van der Waals surface area contributed by atoms with Crippen LogP contribution >= 0.6 is 11.6 Å². The standard InChI is InChI=1S/C21H23ClN2O3S/c1-21(2,15-8-10-16(22)11-9-15)14-24-12-19(17-6-4-5-7-18(17)24)28(26,27)13-20(25)23-3/h4-12H,13-14H2,1-3H3,(H,23,25). The number of nitrogens with zero attached hydrogens (tertiary/aromatic N) is 1. The summed E-state index contributed by atoms with van der Waals surface area (Å²) in [6.45, 7) is 4.78. The number of sulfone groups is 1. The Labute approximate surface area is 170 Å². The molecule has 0 aliphatic rings. The van der Waals surface area contributed by atoms with Crippen LogP contribution in [0.4, 0.5) is 0 Å². The van der Waals surface area contributed by atoms with Crippen molar-refractivity contribution in [2.45, 2.75) is 30.7 Å². The van der Waals surface area contributed by atoms with Gasteiger partial charge in [0, 0.05) is 41.1 Å². The summed E-state index contributed by atoms with van der Waals surface area (Å²) in [5.41, 5.74) is 1.67. The smallest absolute Gasteiger partial charge is 0.235 e. The van der Waals surface area contributed by atoms with Gasteiger partial charge >= 0.3 is 0 Å². The minimum atomic E-state index is -3.75. The first-order valence-corrected chi connectivity index (χ1v) is 10.9. The van der Waals surface area contributed by atoms with Gasteiger partial charge in [-0.05, 0) is 23.8 Å². The van der Waals surface area contributed by atoms with E-state index in [1.165, 1.54) is 7.05 Å². The number of amides is 1. The van der Waals surface area contributed by atoms with Crippen molar-refractivity contribution in [1.82, 2.24) is 9.88 Å². The molecule has 0 aliphatic carbocycles. The Morgan fingerprint density at radius 3 is 2.39 bits per heavy atom. The number of carbonyl (C=O) groups is 1. The SMILES string of the molecule is CNC(=O)CS(=O)(=O)c1cn(CC(C)(C)c2ccc(Cl)cc2)c2ccccc12. The van der Waals surface area contributed by atoms with Crippen LogP contribution in [-0.2, 0) is 26.6 Å². The predicted molar refractivity (Wildman–Crippen MR) is 113 cm³/mol. The van der Waals surface area contributed by atoms with Crippen molar-refractivity contribution in [1.29, 1.82) is 0 Å². The molecule has 0 unspecified atom stereocenters. The first-order valence-electron chi connectivity index (χ1n) is 8.91. The molecule has 0 atom stereocenters. The zero-order chi connectivity index (χ0) is 20.5. The Balaban J connectivity index is 2.05. The molecule has 0 bridgehead atoms. The van der Waals surface area contributed by atoms with Gasteiger partial charge in [0.15, 0.2) is 9.84 Å². The van der Waals surface area contributed by atoms with Crippen LogP contribution in [-0.4, -0.2) is 31.7 Å². The van der Waals surface area contributed by atoms with Gasteiger partial charge in [0.1, 0.15) is 5.75 Å². The predicted octanol–water partition coefficient (Wildman–Crippen LogP) is 3.79. The van der Waals surface area contributed by atoms with Crippen molar-refractivity contribution in [3.8, 4) is 0 Å². The molecule has 7 heteroatoms. The highest BCUT2D eigenvalue weighted by atomic mass is 35.5. The first kappa shape index (κ1) is 20.4. The lowest BCUT2D eigenvalue weighted by atomic mass is 9.84. The molecule has 1 N–H and O–H groups in total. The van der Waals surface area contributed by atoms with E-state index in [4.69, 9.17) is 11.6 Å². The van der Waals surface area contributed by atoms with E-state index in [1.54, 1.807) is 18.3 Å². The number of rotatable bonds is 6. The molecular weight excluding hydrogens is 396 g/mol. The molecule has 0 saturated carbocycles.